The van der Waals surface area contributed by atoms with Crippen molar-refractivity contribution >= 4 is 12.0 Å². The average molecular weight is 354 g/mol. The molecule has 0 aromatic rings. The lowest BCUT2D eigenvalue weighted by molar-refractivity contribution is -0.139. The minimum atomic E-state index is -0.793. The fourth-order valence-corrected chi connectivity index (χ4v) is 5.04. The van der Waals surface area contributed by atoms with Crippen molar-refractivity contribution in [3.05, 3.63) is 0 Å². The zero-order chi connectivity index (χ0) is 18.8. The average Bonchev–Trinajstić information content (AvgIpc) is 2.36. The fourth-order valence-electron chi connectivity index (χ4n) is 5.04. The second-order valence-corrected chi connectivity index (χ2v) is 9.51. The Morgan fingerprint density at radius 1 is 1.04 bits per heavy atom. The number of carbonyl (C=O) groups excluding carboxylic acids is 1. The molecule has 0 atom stereocenters. The predicted octanol–water partition coefficient (Wildman–Crippen LogP) is 2.83. The van der Waals surface area contributed by atoms with E-state index >= 15 is 0 Å². The van der Waals surface area contributed by atoms with E-state index < -0.39 is 5.97 Å². The molecule has 0 saturated heterocycles. The summed E-state index contributed by atoms with van der Waals surface area (Å²) in [7, 11) is 0. The summed E-state index contributed by atoms with van der Waals surface area (Å²) in [5.74, 6) is -0.793. The summed E-state index contributed by atoms with van der Waals surface area (Å²) in [6.07, 6.45) is 4.87. The van der Waals surface area contributed by atoms with Crippen LogP contribution in [0.5, 0.6) is 0 Å². The van der Waals surface area contributed by atoms with Gasteiger partial charge in [-0.05, 0) is 49.5 Å². The van der Waals surface area contributed by atoms with Crippen LogP contribution in [-0.4, -0.2) is 53.2 Å². The highest BCUT2D eigenvalue weighted by atomic mass is 16.4. The van der Waals surface area contributed by atoms with E-state index in [9.17, 15) is 9.59 Å². The second-order valence-electron chi connectivity index (χ2n) is 9.51. The van der Waals surface area contributed by atoms with Crippen LogP contribution in [0.4, 0.5) is 4.79 Å². The van der Waals surface area contributed by atoms with Crippen LogP contribution < -0.4 is 10.6 Å². The Bertz CT molecular complexity index is 482. The number of carbonyl (C=O) groups is 2. The highest BCUT2D eigenvalue weighted by molar-refractivity contribution is 5.74. The number of amides is 2. The van der Waals surface area contributed by atoms with Gasteiger partial charge in [-0.3, -0.25) is 9.69 Å². The molecular formula is C19H35N3O3. The minimum Gasteiger partial charge on any atom is -0.480 e. The van der Waals surface area contributed by atoms with Gasteiger partial charge in [0.25, 0.3) is 0 Å². The predicted molar refractivity (Wildman–Crippen MR) is 98.6 cm³/mol. The van der Waals surface area contributed by atoms with Gasteiger partial charge in [-0.1, -0.05) is 34.6 Å². The molecule has 6 nitrogen and oxygen atoms in total. The third-order valence-electron chi connectivity index (χ3n) is 5.60. The SMILES string of the molecule is CCN(CC(=O)O)C1CC(NC(=O)NC2CC(C)(C)CC(C)(C)C2)C1. The maximum absolute atomic E-state index is 12.3. The van der Waals surface area contributed by atoms with Gasteiger partial charge in [0.05, 0.1) is 6.54 Å². The van der Waals surface area contributed by atoms with Gasteiger partial charge in [-0.2, -0.15) is 0 Å². The van der Waals surface area contributed by atoms with Gasteiger partial charge in [0.2, 0.25) is 0 Å². The van der Waals surface area contributed by atoms with Crippen LogP contribution in [0.1, 0.15) is 66.7 Å². The van der Waals surface area contributed by atoms with Crippen molar-refractivity contribution in [2.75, 3.05) is 13.1 Å². The van der Waals surface area contributed by atoms with E-state index in [1.165, 1.54) is 6.42 Å². The zero-order valence-corrected chi connectivity index (χ0v) is 16.4. The van der Waals surface area contributed by atoms with Crippen molar-refractivity contribution in [3.8, 4) is 0 Å². The number of nitrogens with one attached hydrogen (secondary N) is 2. The van der Waals surface area contributed by atoms with Crippen LogP contribution >= 0.6 is 0 Å². The quantitative estimate of drug-likeness (QED) is 0.686. The summed E-state index contributed by atoms with van der Waals surface area (Å²) in [6, 6.07) is 0.549. The molecule has 0 unspecified atom stereocenters. The molecule has 3 N–H and O–H groups in total. The summed E-state index contributed by atoms with van der Waals surface area (Å²) in [5.41, 5.74) is 0.499. The molecule has 6 heteroatoms. The Morgan fingerprint density at radius 2 is 1.56 bits per heavy atom. The molecule has 2 aliphatic rings. The van der Waals surface area contributed by atoms with Crippen molar-refractivity contribution < 1.29 is 14.7 Å². The van der Waals surface area contributed by atoms with Gasteiger partial charge in [0.1, 0.15) is 0 Å². The van der Waals surface area contributed by atoms with Crippen LogP contribution in [-0.2, 0) is 4.79 Å². The molecule has 2 amide bonds. The van der Waals surface area contributed by atoms with Crippen molar-refractivity contribution in [3.63, 3.8) is 0 Å². The lowest BCUT2D eigenvalue weighted by atomic mass is 9.63. The van der Waals surface area contributed by atoms with Crippen LogP contribution in [0.15, 0.2) is 0 Å². The van der Waals surface area contributed by atoms with Gasteiger partial charge in [0.15, 0.2) is 0 Å². The summed E-state index contributed by atoms with van der Waals surface area (Å²) in [4.78, 5) is 25.2. The van der Waals surface area contributed by atoms with E-state index in [-0.39, 0.29) is 41.5 Å². The van der Waals surface area contributed by atoms with E-state index in [1.807, 2.05) is 11.8 Å². The lowest BCUT2D eigenvalue weighted by Crippen LogP contribution is -2.58. The highest BCUT2D eigenvalue weighted by Gasteiger charge is 2.40. The van der Waals surface area contributed by atoms with Crippen LogP contribution in [0.25, 0.3) is 0 Å². The molecule has 0 radical (unpaired) electrons. The Balaban J connectivity index is 1.76. The second kappa shape index (κ2) is 7.52. The Kier molecular flexibility index (Phi) is 6.02. The van der Waals surface area contributed by atoms with Gasteiger partial charge in [0, 0.05) is 18.1 Å². The van der Waals surface area contributed by atoms with E-state index in [4.69, 9.17) is 5.11 Å². The standard InChI is InChI=1S/C19H35N3O3/c1-6-22(11-16(23)24)15-7-13(8-15)20-17(25)21-14-9-18(2,3)12-19(4,5)10-14/h13-15H,6-12H2,1-5H3,(H,23,24)(H2,20,21,25). The topological polar surface area (TPSA) is 81.7 Å². The van der Waals surface area contributed by atoms with E-state index in [2.05, 4.69) is 38.3 Å². The molecule has 0 bridgehead atoms. The van der Waals surface area contributed by atoms with Crippen molar-refractivity contribution in [1.82, 2.24) is 15.5 Å². The number of likely N-dealkylation sites (N-methyl/N-ethyl adjacent to an activating group) is 1. The van der Waals surface area contributed by atoms with Crippen molar-refractivity contribution in [1.29, 1.82) is 0 Å². The van der Waals surface area contributed by atoms with E-state index in [0.29, 0.717) is 0 Å². The molecule has 2 fully saturated rings. The van der Waals surface area contributed by atoms with Crippen molar-refractivity contribution in [2.45, 2.75) is 84.8 Å². The first-order valence-corrected chi connectivity index (χ1v) is 9.52. The molecule has 2 saturated carbocycles. The van der Waals surface area contributed by atoms with Crippen LogP contribution in [0, 0.1) is 10.8 Å². The summed E-state index contributed by atoms with van der Waals surface area (Å²) in [6.45, 7) is 11.9. The summed E-state index contributed by atoms with van der Waals surface area (Å²) >= 11 is 0. The molecule has 2 rings (SSSR count). The molecular weight excluding hydrogens is 318 g/mol. The Hall–Kier alpha value is -1.30. The molecule has 144 valence electrons. The molecule has 0 aliphatic heterocycles. The van der Waals surface area contributed by atoms with Crippen molar-refractivity contribution in [2.24, 2.45) is 10.8 Å². The van der Waals surface area contributed by atoms with Crippen LogP contribution in [0.3, 0.4) is 0 Å². The molecule has 25 heavy (non-hydrogen) atoms. The lowest BCUT2D eigenvalue weighted by Gasteiger charge is -2.45. The largest absolute Gasteiger partial charge is 0.480 e. The van der Waals surface area contributed by atoms with Gasteiger partial charge < -0.3 is 15.7 Å². The minimum absolute atomic E-state index is 0.0757. The number of nitrogens with zero attached hydrogens (tertiary/aromatic N) is 1. The zero-order valence-electron chi connectivity index (χ0n) is 16.4. The maximum atomic E-state index is 12.3. The van der Waals surface area contributed by atoms with E-state index in [1.54, 1.807) is 0 Å². The maximum Gasteiger partial charge on any atom is 0.317 e. The third kappa shape index (κ3) is 5.87. The number of rotatable bonds is 6. The summed E-state index contributed by atoms with van der Waals surface area (Å²) < 4.78 is 0. The Labute approximate surface area is 151 Å². The number of hydrogen-bond donors (Lipinski definition) is 3. The number of carboxylic acid groups (broad SMARTS) is 1. The van der Waals surface area contributed by atoms with Gasteiger partial charge in [-0.25, -0.2) is 4.79 Å². The molecule has 0 spiro atoms. The number of carboxylic acids is 1. The number of aliphatic carboxylic acids is 1. The molecule has 0 aromatic carbocycles. The third-order valence-corrected chi connectivity index (χ3v) is 5.60. The normalized spacial score (nSPS) is 28.2. The first-order valence-electron chi connectivity index (χ1n) is 9.52. The molecule has 0 aromatic heterocycles. The first-order chi connectivity index (χ1) is 11.5. The van der Waals surface area contributed by atoms with Crippen LogP contribution in [0.2, 0.25) is 0 Å². The molecule has 2 aliphatic carbocycles. The fraction of sp³-hybridized carbons (Fsp3) is 0.895. The van der Waals surface area contributed by atoms with Gasteiger partial charge in [-0.15, -0.1) is 0 Å². The number of hydrogen-bond acceptors (Lipinski definition) is 3. The van der Waals surface area contributed by atoms with E-state index in [0.717, 1.165) is 32.2 Å². The first kappa shape index (κ1) is 20.0. The monoisotopic (exact) mass is 353 g/mol. The summed E-state index contributed by atoms with van der Waals surface area (Å²) in [5, 5.41) is 15.2. The highest BCUT2D eigenvalue weighted by Crippen LogP contribution is 2.45. The number of urea groups is 1. The molecule has 0 heterocycles. The smallest absolute Gasteiger partial charge is 0.317 e. The van der Waals surface area contributed by atoms with Gasteiger partial charge >= 0.3 is 12.0 Å². The Morgan fingerprint density at radius 3 is 2.04 bits per heavy atom.